The first-order chi connectivity index (χ1) is 9.04. The van der Waals surface area contributed by atoms with Gasteiger partial charge in [-0.3, -0.25) is 0 Å². The Morgan fingerprint density at radius 1 is 1.32 bits per heavy atom. The van der Waals surface area contributed by atoms with Crippen molar-refractivity contribution in [1.82, 2.24) is 0 Å². The van der Waals surface area contributed by atoms with E-state index in [1.54, 1.807) is 0 Å². The van der Waals surface area contributed by atoms with Gasteiger partial charge in [-0.1, -0.05) is 39.3 Å². The summed E-state index contributed by atoms with van der Waals surface area (Å²) in [5.74, 6) is 1.26. The highest BCUT2D eigenvalue weighted by molar-refractivity contribution is 5.29. The van der Waals surface area contributed by atoms with Crippen molar-refractivity contribution in [3.05, 3.63) is 29.8 Å². The standard InChI is InChI=1S/C17H26O2/c1-4-12-19-14-9-7-13(8-10-14)16(18)15-6-5-11-17(15,2)3/h7-10,15-16,18H,4-6,11-12H2,1-3H3. The number of aliphatic hydroxyl groups is 1. The van der Waals surface area contributed by atoms with Crippen molar-refractivity contribution in [1.29, 1.82) is 0 Å². The van der Waals surface area contributed by atoms with Gasteiger partial charge in [0.15, 0.2) is 0 Å². The Bertz CT molecular complexity index is 394. The Balaban J connectivity index is 2.05. The fourth-order valence-corrected chi connectivity index (χ4v) is 3.15. The molecule has 1 aliphatic carbocycles. The van der Waals surface area contributed by atoms with Crippen molar-refractivity contribution in [3.8, 4) is 5.75 Å². The zero-order chi connectivity index (χ0) is 13.9. The number of hydrogen-bond donors (Lipinski definition) is 1. The Morgan fingerprint density at radius 2 is 2.00 bits per heavy atom. The van der Waals surface area contributed by atoms with Crippen LogP contribution in [0.4, 0.5) is 0 Å². The van der Waals surface area contributed by atoms with Crippen LogP contribution in [0.15, 0.2) is 24.3 Å². The van der Waals surface area contributed by atoms with Crippen molar-refractivity contribution in [2.45, 2.75) is 52.6 Å². The molecule has 0 saturated heterocycles. The zero-order valence-corrected chi connectivity index (χ0v) is 12.4. The number of aliphatic hydroxyl groups excluding tert-OH is 1. The monoisotopic (exact) mass is 262 g/mol. The lowest BCUT2D eigenvalue weighted by Crippen LogP contribution is -2.24. The lowest BCUT2D eigenvalue weighted by Gasteiger charge is -2.31. The molecule has 1 aromatic carbocycles. The van der Waals surface area contributed by atoms with Crippen LogP contribution in [-0.4, -0.2) is 11.7 Å². The highest BCUT2D eigenvalue weighted by Gasteiger charge is 2.39. The van der Waals surface area contributed by atoms with E-state index in [0.717, 1.165) is 30.8 Å². The summed E-state index contributed by atoms with van der Waals surface area (Å²) in [6.07, 6.45) is 4.24. The predicted octanol–water partition coefficient (Wildman–Crippen LogP) is 4.34. The molecule has 2 heteroatoms. The predicted molar refractivity (Wildman–Crippen MR) is 78.3 cm³/mol. The summed E-state index contributed by atoms with van der Waals surface area (Å²) in [4.78, 5) is 0. The van der Waals surface area contributed by atoms with E-state index >= 15 is 0 Å². The van der Waals surface area contributed by atoms with Gasteiger partial charge < -0.3 is 9.84 Å². The molecule has 1 saturated carbocycles. The van der Waals surface area contributed by atoms with Crippen LogP contribution in [0, 0.1) is 11.3 Å². The van der Waals surface area contributed by atoms with Crippen LogP contribution < -0.4 is 4.74 Å². The molecule has 0 aliphatic heterocycles. The number of hydrogen-bond acceptors (Lipinski definition) is 2. The molecule has 19 heavy (non-hydrogen) atoms. The fraction of sp³-hybridized carbons (Fsp3) is 0.647. The van der Waals surface area contributed by atoms with Crippen LogP contribution >= 0.6 is 0 Å². The third-order valence-electron chi connectivity index (χ3n) is 4.42. The Labute approximate surface area is 116 Å². The molecule has 1 aromatic rings. The molecule has 0 bridgehead atoms. The van der Waals surface area contributed by atoms with E-state index in [9.17, 15) is 5.11 Å². The molecule has 2 rings (SSSR count). The normalized spacial score (nSPS) is 23.3. The minimum Gasteiger partial charge on any atom is -0.494 e. The van der Waals surface area contributed by atoms with Crippen LogP contribution in [0.1, 0.15) is 58.1 Å². The van der Waals surface area contributed by atoms with E-state index in [-0.39, 0.29) is 11.5 Å². The van der Waals surface area contributed by atoms with E-state index in [2.05, 4.69) is 20.8 Å². The first-order valence-electron chi connectivity index (χ1n) is 7.45. The molecule has 1 aliphatic rings. The summed E-state index contributed by atoms with van der Waals surface area (Å²) in [5.41, 5.74) is 1.26. The molecule has 2 nitrogen and oxygen atoms in total. The van der Waals surface area contributed by atoms with Crippen LogP contribution in [0.5, 0.6) is 5.75 Å². The van der Waals surface area contributed by atoms with Crippen molar-refractivity contribution in [2.24, 2.45) is 11.3 Å². The molecule has 0 radical (unpaired) electrons. The van der Waals surface area contributed by atoms with Gasteiger partial charge in [-0.15, -0.1) is 0 Å². The van der Waals surface area contributed by atoms with E-state index in [1.165, 1.54) is 12.8 Å². The summed E-state index contributed by atoms with van der Waals surface area (Å²) >= 11 is 0. The van der Waals surface area contributed by atoms with Gasteiger partial charge in [-0.2, -0.15) is 0 Å². The van der Waals surface area contributed by atoms with Crippen molar-refractivity contribution < 1.29 is 9.84 Å². The lowest BCUT2D eigenvalue weighted by molar-refractivity contribution is 0.0531. The SMILES string of the molecule is CCCOc1ccc(C(O)C2CCCC2(C)C)cc1. The van der Waals surface area contributed by atoms with Crippen molar-refractivity contribution in [3.63, 3.8) is 0 Å². The lowest BCUT2D eigenvalue weighted by atomic mass is 9.77. The van der Waals surface area contributed by atoms with E-state index < -0.39 is 0 Å². The van der Waals surface area contributed by atoms with Gasteiger partial charge >= 0.3 is 0 Å². The maximum Gasteiger partial charge on any atom is 0.119 e. The van der Waals surface area contributed by atoms with Gasteiger partial charge in [0.1, 0.15) is 5.75 Å². The zero-order valence-electron chi connectivity index (χ0n) is 12.4. The highest BCUT2D eigenvalue weighted by Crippen LogP contribution is 2.48. The minimum atomic E-state index is -0.349. The molecule has 2 atom stereocenters. The Hall–Kier alpha value is -1.02. The summed E-state index contributed by atoms with van der Waals surface area (Å²) in [7, 11) is 0. The van der Waals surface area contributed by atoms with E-state index in [1.807, 2.05) is 24.3 Å². The summed E-state index contributed by atoms with van der Waals surface area (Å²) in [5, 5.41) is 10.6. The molecule has 1 fully saturated rings. The first-order valence-corrected chi connectivity index (χ1v) is 7.45. The van der Waals surface area contributed by atoms with Crippen LogP contribution in [0.3, 0.4) is 0 Å². The Kier molecular flexibility index (Phi) is 4.51. The van der Waals surface area contributed by atoms with E-state index in [0.29, 0.717) is 5.92 Å². The smallest absolute Gasteiger partial charge is 0.119 e. The van der Waals surface area contributed by atoms with Crippen molar-refractivity contribution in [2.75, 3.05) is 6.61 Å². The highest BCUT2D eigenvalue weighted by atomic mass is 16.5. The third kappa shape index (κ3) is 3.30. The van der Waals surface area contributed by atoms with Gasteiger partial charge in [-0.05, 0) is 48.3 Å². The number of rotatable bonds is 5. The fourth-order valence-electron chi connectivity index (χ4n) is 3.15. The van der Waals surface area contributed by atoms with Gasteiger partial charge in [-0.25, -0.2) is 0 Å². The molecular weight excluding hydrogens is 236 g/mol. The molecule has 1 N–H and O–H groups in total. The third-order valence-corrected chi connectivity index (χ3v) is 4.42. The van der Waals surface area contributed by atoms with Crippen molar-refractivity contribution >= 4 is 0 Å². The second kappa shape index (κ2) is 5.96. The largest absolute Gasteiger partial charge is 0.494 e. The molecule has 2 unspecified atom stereocenters. The van der Waals surface area contributed by atoms with Gasteiger partial charge in [0, 0.05) is 0 Å². The summed E-state index contributed by atoms with van der Waals surface area (Å²) in [6.45, 7) is 7.39. The second-order valence-corrected chi connectivity index (χ2v) is 6.35. The van der Waals surface area contributed by atoms with E-state index in [4.69, 9.17) is 4.74 Å². The molecule has 0 heterocycles. The van der Waals surface area contributed by atoms with Gasteiger partial charge in [0.05, 0.1) is 12.7 Å². The second-order valence-electron chi connectivity index (χ2n) is 6.35. The van der Waals surface area contributed by atoms with Gasteiger partial charge in [0.2, 0.25) is 0 Å². The molecular formula is C17H26O2. The summed E-state index contributed by atoms with van der Waals surface area (Å²) in [6, 6.07) is 7.94. The number of ether oxygens (including phenoxy) is 1. The first kappa shape index (κ1) is 14.4. The number of benzene rings is 1. The average molecular weight is 262 g/mol. The molecule has 0 amide bonds. The maximum absolute atomic E-state index is 10.6. The van der Waals surface area contributed by atoms with Crippen LogP contribution in [-0.2, 0) is 0 Å². The molecule has 0 spiro atoms. The quantitative estimate of drug-likeness (QED) is 0.855. The minimum absolute atomic E-state index is 0.247. The Morgan fingerprint density at radius 3 is 2.53 bits per heavy atom. The van der Waals surface area contributed by atoms with Crippen LogP contribution in [0.25, 0.3) is 0 Å². The van der Waals surface area contributed by atoms with Crippen LogP contribution in [0.2, 0.25) is 0 Å². The summed E-state index contributed by atoms with van der Waals surface area (Å²) < 4.78 is 5.57. The average Bonchev–Trinajstić information content (AvgIpc) is 2.76. The topological polar surface area (TPSA) is 29.5 Å². The maximum atomic E-state index is 10.6. The molecule has 106 valence electrons. The molecule has 0 aromatic heterocycles. The van der Waals surface area contributed by atoms with Gasteiger partial charge in [0.25, 0.3) is 0 Å².